The molecule has 0 amide bonds. The molecule has 19 heavy (non-hydrogen) atoms. The lowest BCUT2D eigenvalue weighted by Crippen LogP contribution is -2.46. The second kappa shape index (κ2) is 5.53. The van der Waals surface area contributed by atoms with E-state index >= 15 is 0 Å². The topological polar surface area (TPSA) is 24.9 Å². The third-order valence-corrected chi connectivity index (χ3v) is 6.31. The maximum atomic E-state index is 5.03. The van der Waals surface area contributed by atoms with Gasteiger partial charge in [0.05, 0.1) is 11.2 Å². The van der Waals surface area contributed by atoms with Crippen molar-refractivity contribution in [2.24, 2.45) is 5.92 Å². The van der Waals surface area contributed by atoms with Crippen molar-refractivity contribution >= 4 is 11.3 Å². The summed E-state index contributed by atoms with van der Waals surface area (Å²) in [7, 11) is 0. The molecule has 1 fully saturated rings. The van der Waals surface area contributed by atoms with E-state index < -0.39 is 0 Å². The SMILES string of the molecule is CCNC1(c2nc3c(s2)CCC3)CCCC(CC)C1. The number of nitrogens with zero attached hydrogens (tertiary/aromatic N) is 1. The average molecular weight is 278 g/mol. The highest BCUT2D eigenvalue weighted by Crippen LogP contribution is 2.44. The molecule has 0 saturated heterocycles. The summed E-state index contributed by atoms with van der Waals surface area (Å²) in [5.41, 5.74) is 1.61. The Kier molecular flexibility index (Phi) is 3.95. The van der Waals surface area contributed by atoms with Crippen LogP contribution in [0, 0.1) is 5.92 Å². The van der Waals surface area contributed by atoms with E-state index in [1.807, 2.05) is 11.3 Å². The van der Waals surface area contributed by atoms with Crippen LogP contribution in [0.15, 0.2) is 0 Å². The maximum absolute atomic E-state index is 5.03. The monoisotopic (exact) mass is 278 g/mol. The number of fused-ring (bicyclic) bond motifs is 1. The largest absolute Gasteiger partial charge is 0.306 e. The first-order valence-corrected chi connectivity index (χ1v) is 8.83. The summed E-state index contributed by atoms with van der Waals surface area (Å²) in [4.78, 5) is 6.60. The lowest BCUT2D eigenvalue weighted by Gasteiger charge is -2.40. The zero-order valence-corrected chi connectivity index (χ0v) is 13.1. The molecule has 2 unspecified atom stereocenters. The molecule has 3 rings (SSSR count). The van der Waals surface area contributed by atoms with Gasteiger partial charge in [0.1, 0.15) is 5.01 Å². The number of nitrogens with one attached hydrogen (secondary N) is 1. The third kappa shape index (κ3) is 2.47. The van der Waals surface area contributed by atoms with Gasteiger partial charge in [0.25, 0.3) is 0 Å². The van der Waals surface area contributed by atoms with Crippen LogP contribution < -0.4 is 5.32 Å². The molecule has 0 spiro atoms. The number of thiazole rings is 1. The van der Waals surface area contributed by atoms with Crippen molar-refractivity contribution in [3.8, 4) is 0 Å². The zero-order chi connectivity index (χ0) is 13.3. The Morgan fingerprint density at radius 1 is 1.32 bits per heavy atom. The van der Waals surface area contributed by atoms with E-state index in [-0.39, 0.29) is 5.54 Å². The highest BCUT2D eigenvalue weighted by Gasteiger charge is 2.40. The van der Waals surface area contributed by atoms with Crippen molar-refractivity contribution in [2.45, 2.75) is 70.8 Å². The van der Waals surface area contributed by atoms with Crippen LogP contribution >= 0.6 is 11.3 Å². The van der Waals surface area contributed by atoms with Gasteiger partial charge >= 0.3 is 0 Å². The molecule has 1 aromatic heterocycles. The second-order valence-corrected chi connectivity index (χ2v) is 7.31. The molecule has 0 aromatic carbocycles. The van der Waals surface area contributed by atoms with Crippen LogP contribution in [0.25, 0.3) is 0 Å². The lowest BCUT2D eigenvalue weighted by atomic mass is 9.75. The fourth-order valence-corrected chi connectivity index (χ4v) is 5.26. The predicted molar refractivity (Wildman–Crippen MR) is 81.7 cm³/mol. The molecular formula is C16H26N2S. The first-order valence-electron chi connectivity index (χ1n) is 8.01. The third-order valence-electron chi connectivity index (χ3n) is 4.95. The van der Waals surface area contributed by atoms with Crippen LogP contribution in [-0.2, 0) is 18.4 Å². The predicted octanol–water partition coefficient (Wildman–Crippen LogP) is 4.04. The van der Waals surface area contributed by atoms with E-state index in [9.17, 15) is 0 Å². The van der Waals surface area contributed by atoms with Gasteiger partial charge in [-0.1, -0.05) is 33.1 Å². The molecule has 0 radical (unpaired) electrons. The van der Waals surface area contributed by atoms with Crippen molar-refractivity contribution in [1.82, 2.24) is 10.3 Å². The van der Waals surface area contributed by atoms with Gasteiger partial charge in [-0.25, -0.2) is 4.98 Å². The fraction of sp³-hybridized carbons (Fsp3) is 0.812. The molecule has 106 valence electrons. The summed E-state index contributed by atoms with van der Waals surface area (Å²) in [5, 5.41) is 5.22. The molecule has 0 bridgehead atoms. The Balaban J connectivity index is 1.90. The summed E-state index contributed by atoms with van der Waals surface area (Å²) in [6, 6.07) is 0. The van der Waals surface area contributed by atoms with Crippen molar-refractivity contribution in [2.75, 3.05) is 6.54 Å². The van der Waals surface area contributed by atoms with Gasteiger partial charge in [0.2, 0.25) is 0 Å². The van der Waals surface area contributed by atoms with Gasteiger partial charge in [-0.05, 0) is 44.6 Å². The van der Waals surface area contributed by atoms with Gasteiger partial charge in [-0.15, -0.1) is 11.3 Å². The number of hydrogen-bond acceptors (Lipinski definition) is 3. The number of rotatable bonds is 4. The number of aryl methyl sites for hydroxylation is 2. The van der Waals surface area contributed by atoms with Crippen molar-refractivity contribution in [3.05, 3.63) is 15.6 Å². The van der Waals surface area contributed by atoms with Crippen LogP contribution in [0.5, 0.6) is 0 Å². The first-order chi connectivity index (χ1) is 9.27. The van der Waals surface area contributed by atoms with Crippen LogP contribution in [-0.4, -0.2) is 11.5 Å². The molecule has 2 atom stereocenters. The molecule has 1 N–H and O–H groups in total. The Hall–Kier alpha value is -0.410. The van der Waals surface area contributed by atoms with Crippen molar-refractivity contribution in [3.63, 3.8) is 0 Å². The molecule has 2 aliphatic rings. The number of hydrogen-bond donors (Lipinski definition) is 1. The Labute approximate surface area is 121 Å². The van der Waals surface area contributed by atoms with E-state index in [0.29, 0.717) is 0 Å². The van der Waals surface area contributed by atoms with Gasteiger partial charge in [-0.3, -0.25) is 0 Å². The van der Waals surface area contributed by atoms with Crippen LogP contribution in [0.2, 0.25) is 0 Å². The standard InChI is InChI=1S/C16H26N2S/c1-3-12-7-6-10-16(11-12,17-4-2)15-18-13-8-5-9-14(13)19-15/h12,17H,3-11H2,1-2H3. The van der Waals surface area contributed by atoms with E-state index in [4.69, 9.17) is 4.98 Å². The van der Waals surface area contributed by atoms with Gasteiger partial charge in [-0.2, -0.15) is 0 Å². The molecule has 2 nitrogen and oxygen atoms in total. The molecule has 2 aliphatic carbocycles. The Bertz CT molecular complexity index is 414. The minimum atomic E-state index is 0.197. The summed E-state index contributed by atoms with van der Waals surface area (Å²) < 4.78 is 0. The highest BCUT2D eigenvalue weighted by molar-refractivity contribution is 7.12. The van der Waals surface area contributed by atoms with Gasteiger partial charge in [0, 0.05) is 4.88 Å². The van der Waals surface area contributed by atoms with Crippen molar-refractivity contribution < 1.29 is 0 Å². The summed E-state index contributed by atoms with van der Waals surface area (Å²) in [6.45, 7) is 5.63. The fourth-order valence-electron chi connectivity index (χ4n) is 3.90. The first kappa shape index (κ1) is 13.6. The normalized spacial score (nSPS) is 30.5. The second-order valence-electron chi connectivity index (χ2n) is 6.23. The van der Waals surface area contributed by atoms with Gasteiger partial charge < -0.3 is 5.32 Å². The quantitative estimate of drug-likeness (QED) is 0.899. The van der Waals surface area contributed by atoms with E-state index in [1.54, 1.807) is 4.88 Å². The Morgan fingerprint density at radius 2 is 2.21 bits per heavy atom. The zero-order valence-electron chi connectivity index (χ0n) is 12.3. The highest BCUT2D eigenvalue weighted by atomic mass is 32.1. The molecule has 1 aromatic rings. The smallest absolute Gasteiger partial charge is 0.113 e. The summed E-state index contributed by atoms with van der Waals surface area (Å²) in [5.74, 6) is 0.881. The van der Waals surface area contributed by atoms with Crippen LogP contribution in [0.1, 0.15) is 68.0 Å². The molecule has 0 aliphatic heterocycles. The molecule has 3 heteroatoms. The average Bonchev–Trinajstić information content (AvgIpc) is 3.00. The summed E-state index contributed by atoms with van der Waals surface area (Å²) >= 11 is 2.01. The minimum Gasteiger partial charge on any atom is -0.306 e. The lowest BCUT2D eigenvalue weighted by molar-refractivity contribution is 0.177. The molecule has 1 saturated carbocycles. The van der Waals surface area contributed by atoms with Crippen LogP contribution in [0.4, 0.5) is 0 Å². The van der Waals surface area contributed by atoms with E-state index in [1.165, 1.54) is 62.1 Å². The van der Waals surface area contributed by atoms with E-state index in [0.717, 1.165) is 12.5 Å². The summed E-state index contributed by atoms with van der Waals surface area (Å²) in [6.07, 6.45) is 10.5. The minimum absolute atomic E-state index is 0.197. The molecular weight excluding hydrogens is 252 g/mol. The van der Waals surface area contributed by atoms with E-state index in [2.05, 4.69) is 19.2 Å². The van der Waals surface area contributed by atoms with Crippen molar-refractivity contribution in [1.29, 1.82) is 0 Å². The maximum Gasteiger partial charge on any atom is 0.113 e. The van der Waals surface area contributed by atoms with Gasteiger partial charge in [0.15, 0.2) is 0 Å². The van der Waals surface area contributed by atoms with Crippen LogP contribution in [0.3, 0.4) is 0 Å². The number of aromatic nitrogens is 1. The Morgan fingerprint density at radius 3 is 2.95 bits per heavy atom. The molecule has 1 heterocycles.